The molecule has 20 nitrogen and oxygen atoms in total. The lowest BCUT2D eigenvalue weighted by Gasteiger charge is -2.10. The number of nitrogens with two attached hydrogens (primary N) is 4. The first kappa shape index (κ1) is 34.8. The minimum atomic E-state index is -0.530. The van der Waals surface area contributed by atoms with E-state index in [1.165, 1.54) is 43.1 Å². The lowest BCUT2D eigenvalue weighted by molar-refractivity contribution is 0.102. The maximum atomic E-state index is 13.2. The molecule has 0 aliphatic carbocycles. The highest BCUT2D eigenvalue weighted by Crippen LogP contribution is 2.18. The number of rotatable bonds is 12. The van der Waals surface area contributed by atoms with E-state index in [0.29, 0.717) is 33.6 Å². The second-order valence-electron chi connectivity index (χ2n) is 9.40. The van der Waals surface area contributed by atoms with Gasteiger partial charge in [-0.15, -0.1) is 0 Å². The summed E-state index contributed by atoms with van der Waals surface area (Å²) in [5, 5.41) is 49.9. The molecule has 0 heterocycles. The van der Waals surface area contributed by atoms with Crippen LogP contribution in [0, 0.1) is 21.6 Å². The van der Waals surface area contributed by atoms with Crippen molar-refractivity contribution in [3.05, 3.63) is 94.0 Å². The van der Waals surface area contributed by atoms with E-state index < -0.39 is 11.8 Å². The number of carbonyl (C=O) groups excluding carboxylic acids is 2. The summed E-state index contributed by atoms with van der Waals surface area (Å²) in [6.45, 7) is 0. The Kier molecular flexibility index (Phi) is 12.3. The molecule has 0 saturated carbocycles. The smallest absolute Gasteiger partial charge is 0.255 e. The summed E-state index contributed by atoms with van der Waals surface area (Å²) < 4.78 is 0. The van der Waals surface area contributed by atoms with Crippen molar-refractivity contribution in [3.63, 3.8) is 0 Å². The van der Waals surface area contributed by atoms with Crippen LogP contribution in [-0.4, -0.2) is 60.5 Å². The number of amides is 2. The highest BCUT2D eigenvalue weighted by atomic mass is 16.2. The third-order valence-electron chi connectivity index (χ3n) is 5.45. The number of carbonyl (C=O) groups is 2. The van der Waals surface area contributed by atoms with Crippen LogP contribution >= 0.6 is 0 Å². The molecule has 246 valence electrons. The van der Waals surface area contributed by atoms with Crippen LogP contribution in [0.15, 0.2) is 81.1 Å². The number of hydrazone groups is 4. The topological polar surface area (TPSA) is 355 Å². The second-order valence-corrected chi connectivity index (χ2v) is 9.40. The molecule has 0 aromatic heterocycles. The van der Waals surface area contributed by atoms with Crippen molar-refractivity contribution in [1.29, 1.82) is 21.6 Å². The van der Waals surface area contributed by atoms with Gasteiger partial charge in [-0.1, -0.05) is 6.07 Å². The number of nitrogens with one attached hydrogen (secondary N) is 10. The highest BCUT2D eigenvalue weighted by Gasteiger charge is 2.13. The van der Waals surface area contributed by atoms with Crippen LogP contribution in [0.4, 0.5) is 11.4 Å². The molecular weight excluding hydrogens is 620 g/mol. The number of anilines is 2. The van der Waals surface area contributed by atoms with Crippen molar-refractivity contribution >= 4 is 71.9 Å². The molecular formula is C28H32N18O2. The van der Waals surface area contributed by atoms with Crippen molar-refractivity contribution in [2.45, 2.75) is 0 Å². The van der Waals surface area contributed by atoms with E-state index >= 15 is 0 Å². The molecule has 0 atom stereocenters. The van der Waals surface area contributed by atoms with Crippen LogP contribution in [0.25, 0.3) is 0 Å². The molecule has 0 aliphatic heterocycles. The summed E-state index contributed by atoms with van der Waals surface area (Å²) in [6, 6.07) is 15.8. The van der Waals surface area contributed by atoms with E-state index in [4.69, 9.17) is 44.6 Å². The first-order valence-electron chi connectivity index (χ1n) is 13.4. The molecule has 3 aromatic carbocycles. The zero-order valence-corrected chi connectivity index (χ0v) is 25.0. The quantitative estimate of drug-likeness (QED) is 0.0672. The Bertz CT molecular complexity index is 1630. The van der Waals surface area contributed by atoms with Crippen molar-refractivity contribution in [2.24, 2.45) is 43.3 Å². The fourth-order valence-corrected chi connectivity index (χ4v) is 3.71. The minimum Gasteiger partial charge on any atom is -0.369 e. The molecule has 2 amide bonds. The first-order valence-corrected chi connectivity index (χ1v) is 13.4. The van der Waals surface area contributed by atoms with Crippen molar-refractivity contribution < 1.29 is 9.59 Å². The van der Waals surface area contributed by atoms with Gasteiger partial charge in [0.25, 0.3) is 11.8 Å². The van der Waals surface area contributed by atoms with Gasteiger partial charge in [0.2, 0.25) is 23.8 Å². The van der Waals surface area contributed by atoms with E-state index in [1.807, 2.05) is 0 Å². The Morgan fingerprint density at radius 3 is 1.06 bits per heavy atom. The van der Waals surface area contributed by atoms with Crippen LogP contribution in [0.1, 0.15) is 43.0 Å². The van der Waals surface area contributed by atoms with Crippen molar-refractivity contribution in [1.82, 2.24) is 21.7 Å². The summed E-state index contributed by atoms with van der Waals surface area (Å²) in [5.74, 6) is -2.53. The van der Waals surface area contributed by atoms with Crippen LogP contribution in [0.2, 0.25) is 0 Å². The monoisotopic (exact) mass is 652 g/mol. The molecule has 18 N–H and O–H groups in total. The molecule has 0 radical (unpaired) electrons. The summed E-state index contributed by atoms with van der Waals surface area (Å²) in [4.78, 5) is 26.5. The lowest BCUT2D eigenvalue weighted by atomic mass is 10.1. The molecule has 20 heteroatoms. The number of guanidine groups is 4. The van der Waals surface area contributed by atoms with Gasteiger partial charge in [-0.3, -0.25) is 31.2 Å². The average Bonchev–Trinajstić information content (AvgIpc) is 3.00. The lowest BCUT2D eigenvalue weighted by Crippen LogP contribution is -2.25. The van der Waals surface area contributed by atoms with Gasteiger partial charge in [0, 0.05) is 22.5 Å². The number of benzene rings is 3. The van der Waals surface area contributed by atoms with Crippen LogP contribution in [0.3, 0.4) is 0 Å². The zero-order valence-electron chi connectivity index (χ0n) is 25.0. The largest absolute Gasteiger partial charge is 0.369 e. The highest BCUT2D eigenvalue weighted by molar-refractivity contribution is 6.09. The molecule has 0 fully saturated rings. The van der Waals surface area contributed by atoms with Gasteiger partial charge >= 0.3 is 0 Å². The Morgan fingerprint density at radius 1 is 0.500 bits per heavy atom. The Labute approximate surface area is 272 Å². The maximum absolute atomic E-state index is 13.2. The van der Waals surface area contributed by atoms with Gasteiger partial charge in [-0.05, 0) is 76.9 Å². The standard InChI is InChI=1S/C28H32N18O2/c29-25(30)43-37-11-15-4-16(12-38-44-26(31)32)7-21(6-15)41-23(47)19-2-1-3-20(10-19)24(48)42-22-8-17(13-39-45-27(33)34)5-18(9-22)14-40-46-28(35)36/h1-14H,(H,41,47)(H,42,48)(H4,29,30,43)(H4,31,32,44)(H4,33,34,45)(H4,35,36,46)/b37-11-,38-12-,39-13-,40-14+. The molecule has 0 spiro atoms. The fourth-order valence-electron chi connectivity index (χ4n) is 3.71. The van der Waals surface area contributed by atoms with Crippen molar-refractivity contribution in [3.8, 4) is 0 Å². The first-order chi connectivity index (χ1) is 22.9. The van der Waals surface area contributed by atoms with Gasteiger partial charge in [0.05, 0.1) is 24.9 Å². The molecule has 3 aromatic rings. The van der Waals surface area contributed by atoms with Gasteiger partial charge < -0.3 is 33.6 Å². The maximum Gasteiger partial charge on any atom is 0.255 e. The van der Waals surface area contributed by atoms with Gasteiger partial charge in [-0.2, -0.15) is 20.4 Å². The average molecular weight is 653 g/mol. The number of hydrogen-bond donors (Lipinski definition) is 14. The zero-order chi connectivity index (χ0) is 35.1. The van der Waals surface area contributed by atoms with E-state index in [9.17, 15) is 9.59 Å². The summed E-state index contributed by atoms with van der Waals surface area (Å²) in [5.41, 5.74) is 33.3. The number of nitrogens with zero attached hydrogens (tertiary/aromatic N) is 4. The van der Waals surface area contributed by atoms with Crippen LogP contribution in [0.5, 0.6) is 0 Å². The van der Waals surface area contributed by atoms with Crippen molar-refractivity contribution in [2.75, 3.05) is 10.6 Å². The Morgan fingerprint density at radius 2 is 0.792 bits per heavy atom. The van der Waals surface area contributed by atoms with E-state index in [-0.39, 0.29) is 35.0 Å². The van der Waals surface area contributed by atoms with Crippen LogP contribution in [-0.2, 0) is 0 Å². The summed E-state index contributed by atoms with van der Waals surface area (Å²) >= 11 is 0. The molecule has 0 unspecified atom stereocenters. The third kappa shape index (κ3) is 12.2. The minimum absolute atomic E-state index is 0.174. The molecule has 0 saturated heterocycles. The molecule has 48 heavy (non-hydrogen) atoms. The van der Waals surface area contributed by atoms with E-state index in [1.54, 1.807) is 42.5 Å². The van der Waals surface area contributed by atoms with E-state index in [0.717, 1.165) is 0 Å². The Hall–Kier alpha value is -7.64. The summed E-state index contributed by atoms with van der Waals surface area (Å²) in [7, 11) is 0. The van der Waals surface area contributed by atoms with E-state index in [2.05, 4.69) is 52.7 Å². The van der Waals surface area contributed by atoms with Gasteiger partial charge in [0.1, 0.15) is 0 Å². The third-order valence-corrected chi connectivity index (χ3v) is 5.45. The Balaban J connectivity index is 1.84. The fraction of sp³-hybridized carbons (Fsp3) is 0. The second kappa shape index (κ2) is 17.0. The SMILES string of the molecule is N=C(N)N/N=C\c1cc(/C=N\NC(=N)N)cc(NC(=O)c2cccc(C(=O)Nc3cc(/C=N\NC(=N)N)cc(/C=N/NC(=N)N)c3)c2)c1. The predicted molar refractivity (Wildman–Crippen MR) is 186 cm³/mol. The molecule has 3 rings (SSSR count). The van der Waals surface area contributed by atoms with Gasteiger partial charge in [0.15, 0.2) is 0 Å². The van der Waals surface area contributed by atoms with Gasteiger partial charge in [-0.25, -0.2) is 21.7 Å². The normalized spacial score (nSPS) is 11.0. The summed E-state index contributed by atoms with van der Waals surface area (Å²) in [6.07, 6.45) is 5.48. The van der Waals surface area contributed by atoms with Crippen LogP contribution < -0.4 is 55.3 Å². The molecule has 0 bridgehead atoms. The predicted octanol–water partition coefficient (Wildman–Crippen LogP) is -0.541. The molecule has 0 aliphatic rings. The number of hydrogen-bond acceptors (Lipinski definition) is 10.